The van der Waals surface area contributed by atoms with Gasteiger partial charge in [0.15, 0.2) is 5.78 Å². The van der Waals surface area contributed by atoms with Crippen molar-refractivity contribution in [2.45, 2.75) is 90.1 Å². The zero-order valence-electron chi connectivity index (χ0n) is 17.1. The number of aliphatic hydroxyl groups excluding tert-OH is 1. The Balaban J connectivity index is 1.75. The summed E-state index contributed by atoms with van der Waals surface area (Å²) in [7, 11) is 0. The van der Waals surface area contributed by atoms with E-state index < -0.39 is 5.60 Å². The molecule has 27 heavy (non-hydrogen) atoms. The predicted molar refractivity (Wildman–Crippen MR) is 107 cm³/mol. The summed E-state index contributed by atoms with van der Waals surface area (Å²) in [5.41, 5.74) is 3.87. The second-order valence-electron chi connectivity index (χ2n) is 9.83. The lowest BCUT2D eigenvalue weighted by atomic mass is 9.51. The van der Waals surface area contributed by atoms with E-state index in [9.17, 15) is 15.0 Å². The van der Waals surface area contributed by atoms with E-state index in [1.807, 2.05) is 6.08 Å². The minimum absolute atomic E-state index is 0.0392. The van der Waals surface area contributed by atoms with Crippen LogP contribution in [0.15, 0.2) is 22.8 Å². The third-order valence-electron chi connectivity index (χ3n) is 8.55. The van der Waals surface area contributed by atoms with E-state index in [0.29, 0.717) is 36.4 Å². The summed E-state index contributed by atoms with van der Waals surface area (Å²) in [5, 5.41) is 21.0. The molecule has 150 valence electrons. The fraction of sp³-hybridized carbons (Fsp3) is 0.792. The molecule has 0 bridgehead atoms. The van der Waals surface area contributed by atoms with Crippen LogP contribution < -0.4 is 0 Å². The highest BCUT2D eigenvalue weighted by Crippen LogP contribution is 2.66. The summed E-state index contributed by atoms with van der Waals surface area (Å²) < 4.78 is 0. The van der Waals surface area contributed by atoms with Crippen LogP contribution in [0, 0.1) is 23.2 Å². The van der Waals surface area contributed by atoms with E-state index in [4.69, 9.17) is 0 Å². The number of carbonyl (C=O) groups is 1. The Hall–Kier alpha value is -0.930. The topological polar surface area (TPSA) is 57.5 Å². The monoisotopic (exact) mass is 372 g/mol. The molecule has 0 aromatic rings. The maximum atomic E-state index is 12.0. The van der Waals surface area contributed by atoms with Crippen molar-refractivity contribution in [2.75, 3.05) is 6.61 Å². The molecule has 0 radical (unpaired) electrons. The molecule has 0 aromatic carbocycles. The molecule has 0 spiro atoms. The second kappa shape index (κ2) is 7.15. The van der Waals surface area contributed by atoms with Crippen molar-refractivity contribution in [3.05, 3.63) is 22.8 Å². The molecular formula is C24H36O3. The molecule has 0 amide bonds. The Morgan fingerprint density at radius 1 is 1.22 bits per heavy atom. The molecule has 3 heteroatoms. The Morgan fingerprint density at radius 2 is 2.04 bits per heavy atom. The third-order valence-corrected chi connectivity index (χ3v) is 8.55. The quantitative estimate of drug-likeness (QED) is 0.734. The number of fused-ring (bicyclic) bond motifs is 4. The molecule has 4 aliphatic carbocycles. The number of hydrogen-bond acceptors (Lipinski definition) is 3. The predicted octanol–water partition coefficient (Wildman–Crippen LogP) is 4.72. The van der Waals surface area contributed by atoms with Gasteiger partial charge < -0.3 is 10.2 Å². The van der Waals surface area contributed by atoms with Gasteiger partial charge in [0.25, 0.3) is 0 Å². The summed E-state index contributed by atoms with van der Waals surface area (Å²) in [5.74, 6) is 1.99. The molecule has 2 N–H and O–H groups in total. The minimum atomic E-state index is -0.624. The van der Waals surface area contributed by atoms with Crippen LogP contribution in [0.25, 0.3) is 0 Å². The van der Waals surface area contributed by atoms with Gasteiger partial charge >= 0.3 is 0 Å². The Bertz CT molecular complexity index is 675. The van der Waals surface area contributed by atoms with Crippen molar-refractivity contribution in [1.82, 2.24) is 0 Å². The first-order valence-corrected chi connectivity index (χ1v) is 11.2. The highest BCUT2D eigenvalue weighted by Gasteiger charge is 2.61. The molecule has 0 unspecified atom stereocenters. The Labute approximate surface area is 163 Å². The van der Waals surface area contributed by atoms with E-state index in [-0.39, 0.29) is 12.0 Å². The SMILES string of the molecule is CCC[C@H]1C[C@@]2(C)[C@@H](CC[C@@]2(O)CCCO)[C@@H]2CCC3=CC(=O)CCC3=C12. The average Bonchev–Trinajstić information content (AvgIpc) is 2.91. The number of allylic oxidation sites excluding steroid dienone is 4. The van der Waals surface area contributed by atoms with Crippen LogP contribution in [0.4, 0.5) is 0 Å². The van der Waals surface area contributed by atoms with Crippen molar-refractivity contribution in [2.24, 2.45) is 23.2 Å². The smallest absolute Gasteiger partial charge is 0.156 e. The van der Waals surface area contributed by atoms with Crippen LogP contribution in [-0.2, 0) is 4.79 Å². The summed E-state index contributed by atoms with van der Waals surface area (Å²) in [6.45, 7) is 4.79. The van der Waals surface area contributed by atoms with Crippen molar-refractivity contribution in [3.63, 3.8) is 0 Å². The lowest BCUT2D eigenvalue weighted by molar-refractivity contribution is -0.115. The van der Waals surface area contributed by atoms with Gasteiger partial charge in [-0.2, -0.15) is 0 Å². The van der Waals surface area contributed by atoms with Crippen molar-refractivity contribution in [3.8, 4) is 0 Å². The van der Waals surface area contributed by atoms with Crippen LogP contribution in [0.2, 0.25) is 0 Å². The van der Waals surface area contributed by atoms with Gasteiger partial charge in [0.2, 0.25) is 0 Å². The molecule has 5 atom stereocenters. The van der Waals surface area contributed by atoms with Gasteiger partial charge in [-0.25, -0.2) is 0 Å². The molecule has 4 rings (SSSR count). The highest BCUT2D eigenvalue weighted by atomic mass is 16.3. The number of rotatable bonds is 5. The fourth-order valence-electron chi connectivity index (χ4n) is 7.31. The molecule has 3 nitrogen and oxygen atoms in total. The maximum Gasteiger partial charge on any atom is 0.156 e. The number of ketones is 1. The number of carbonyl (C=O) groups excluding carboxylic acids is 1. The minimum Gasteiger partial charge on any atom is -0.396 e. The van der Waals surface area contributed by atoms with Gasteiger partial charge in [0, 0.05) is 18.4 Å². The normalized spacial score (nSPS) is 41.1. The largest absolute Gasteiger partial charge is 0.396 e. The average molecular weight is 373 g/mol. The highest BCUT2D eigenvalue weighted by molar-refractivity contribution is 5.93. The van der Waals surface area contributed by atoms with Gasteiger partial charge in [-0.3, -0.25) is 4.79 Å². The van der Waals surface area contributed by atoms with Crippen LogP contribution in [0.5, 0.6) is 0 Å². The molecule has 4 aliphatic rings. The van der Waals surface area contributed by atoms with Gasteiger partial charge in [0.05, 0.1) is 5.60 Å². The lowest BCUT2D eigenvalue weighted by Crippen LogP contribution is -2.52. The fourth-order valence-corrected chi connectivity index (χ4v) is 7.31. The molecule has 0 aliphatic heterocycles. The molecule has 2 fully saturated rings. The molecule has 2 saturated carbocycles. The second-order valence-corrected chi connectivity index (χ2v) is 9.83. The van der Waals surface area contributed by atoms with Gasteiger partial charge in [-0.05, 0) is 92.8 Å². The van der Waals surface area contributed by atoms with E-state index in [0.717, 1.165) is 44.9 Å². The summed E-state index contributed by atoms with van der Waals surface area (Å²) >= 11 is 0. The Morgan fingerprint density at radius 3 is 2.78 bits per heavy atom. The van der Waals surface area contributed by atoms with Gasteiger partial charge in [0.1, 0.15) is 0 Å². The molecule has 0 saturated heterocycles. The zero-order chi connectivity index (χ0) is 19.2. The van der Waals surface area contributed by atoms with E-state index >= 15 is 0 Å². The van der Waals surface area contributed by atoms with Crippen molar-refractivity contribution < 1.29 is 15.0 Å². The number of hydrogen-bond donors (Lipinski definition) is 2. The first-order valence-electron chi connectivity index (χ1n) is 11.2. The van der Waals surface area contributed by atoms with Crippen molar-refractivity contribution in [1.29, 1.82) is 0 Å². The number of aliphatic hydroxyl groups is 2. The van der Waals surface area contributed by atoms with Crippen LogP contribution in [0.3, 0.4) is 0 Å². The van der Waals surface area contributed by atoms with E-state index in [2.05, 4.69) is 13.8 Å². The maximum absolute atomic E-state index is 12.0. The molecule has 0 heterocycles. The Kier molecular flexibility index (Phi) is 5.13. The van der Waals surface area contributed by atoms with Gasteiger partial charge in [-0.15, -0.1) is 0 Å². The van der Waals surface area contributed by atoms with Gasteiger partial charge in [-0.1, -0.05) is 25.8 Å². The summed E-state index contributed by atoms with van der Waals surface area (Å²) in [6, 6.07) is 0. The van der Waals surface area contributed by atoms with E-state index in [1.165, 1.54) is 24.0 Å². The summed E-state index contributed by atoms with van der Waals surface area (Å²) in [4.78, 5) is 12.0. The first-order chi connectivity index (χ1) is 12.9. The van der Waals surface area contributed by atoms with Crippen molar-refractivity contribution >= 4 is 5.78 Å². The summed E-state index contributed by atoms with van der Waals surface area (Å²) in [6.07, 6.45) is 12.6. The van der Waals surface area contributed by atoms with Crippen LogP contribution in [-0.4, -0.2) is 28.2 Å². The first kappa shape index (κ1) is 19.4. The standard InChI is InChI=1S/C24H36O3/c1-3-5-17-15-23(2)21(10-12-24(23,27)11-4-13-25)20-8-6-16-14-18(26)7-9-19(16)22(17)20/h14,17,20-21,25,27H,3-13,15H2,1-2H3/t17-,20-,21-,23-,24-/m0/s1. The lowest BCUT2D eigenvalue weighted by Gasteiger charge is -2.55. The third kappa shape index (κ3) is 2.97. The van der Waals surface area contributed by atoms with Crippen LogP contribution >= 0.6 is 0 Å². The zero-order valence-corrected chi connectivity index (χ0v) is 17.1. The van der Waals surface area contributed by atoms with Crippen LogP contribution in [0.1, 0.15) is 84.5 Å². The molecular weight excluding hydrogens is 336 g/mol. The van der Waals surface area contributed by atoms with E-state index in [1.54, 1.807) is 5.57 Å². The molecule has 0 aromatic heterocycles.